The second-order valence-corrected chi connectivity index (χ2v) is 4.68. The molecule has 0 bridgehead atoms. The largest absolute Gasteiger partial charge is 0.376 e. The third-order valence-corrected chi connectivity index (χ3v) is 2.88. The molecule has 1 rings (SSSR count). The molecule has 0 saturated heterocycles. The monoisotopic (exact) mass is 241 g/mol. The molecule has 0 aromatic heterocycles. The Balaban J connectivity index is 2.81. The van der Waals surface area contributed by atoms with Crippen molar-refractivity contribution in [3.8, 4) is 0 Å². The van der Waals surface area contributed by atoms with E-state index >= 15 is 0 Å². The van der Waals surface area contributed by atoms with Crippen molar-refractivity contribution in [1.82, 2.24) is 0 Å². The zero-order valence-electron chi connectivity index (χ0n) is 10.1. The van der Waals surface area contributed by atoms with E-state index in [4.69, 9.17) is 22.1 Å². The number of ether oxygens (including phenoxy) is 1. The Morgan fingerprint density at radius 3 is 2.25 bits per heavy atom. The van der Waals surface area contributed by atoms with Gasteiger partial charge in [0.25, 0.3) is 0 Å². The minimum atomic E-state index is -0.0998. The van der Waals surface area contributed by atoms with Crippen LogP contribution in [0, 0.1) is 5.92 Å². The molecule has 16 heavy (non-hydrogen) atoms. The van der Waals surface area contributed by atoms with Gasteiger partial charge in [0.2, 0.25) is 0 Å². The molecule has 2 N–H and O–H groups in total. The van der Waals surface area contributed by atoms with E-state index in [9.17, 15) is 0 Å². The first-order chi connectivity index (χ1) is 7.56. The lowest BCUT2D eigenvalue weighted by molar-refractivity contribution is 0.0121. The van der Waals surface area contributed by atoms with Crippen molar-refractivity contribution in [3.05, 3.63) is 34.9 Å². The summed E-state index contributed by atoms with van der Waals surface area (Å²) in [5, 5.41) is 0.730. The number of nitrogens with two attached hydrogens (primary N) is 1. The van der Waals surface area contributed by atoms with Gasteiger partial charge in [-0.2, -0.15) is 0 Å². The fourth-order valence-electron chi connectivity index (χ4n) is 1.78. The summed E-state index contributed by atoms with van der Waals surface area (Å²) in [6.45, 7) is 6.92. The molecule has 0 fully saturated rings. The minimum Gasteiger partial charge on any atom is -0.376 e. The summed E-state index contributed by atoms with van der Waals surface area (Å²) in [7, 11) is 0. The fraction of sp³-hybridized carbons (Fsp3) is 0.538. The van der Waals surface area contributed by atoms with Crippen molar-refractivity contribution >= 4 is 11.6 Å². The van der Waals surface area contributed by atoms with Crippen LogP contribution < -0.4 is 5.73 Å². The summed E-state index contributed by atoms with van der Waals surface area (Å²) in [5.41, 5.74) is 7.27. The summed E-state index contributed by atoms with van der Waals surface area (Å²) in [4.78, 5) is 0. The molecule has 1 aromatic carbocycles. The van der Waals surface area contributed by atoms with Crippen LogP contribution in [0.3, 0.4) is 0 Å². The van der Waals surface area contributed by atoms with Crippen LogP contribution in [-0.2, 0) is 4.74 Å². The molecule has 0 heterocycles. The number of hydrogen-bond acceptors (Lipinski definition) is 2. The molecular formula is C13H20ClNO. The Labute approximate surface area is 103 Å². The molecule has 0 radical (unpaired) electrons. The van der Waals surface area contributed by atoms with Gasteiger partial charge >= 0.3 is 0 Å². The highest BCUT2D eigenvalue weighted by atomic mass is 35.5. The van der Waals surface area contributed by atoms with E-state index in [-0.39, 0.29) is 12.1 Å². The average molecular weight is 242 g/mol. The number of benzene rings is 1. The summed E-state index contributed by atoms with van der Waals surface area (Å²) in [6.07, 6.45) is 0.0474. The van der Waals surface area contributed by atoms with Gasteiger partial charge in [-0.1, -0.05) is 37.6 Å². The third-order valence-electron chi connectivity index (χ3n) is 2.63. The first kappa shape index (κ1) is 13.5. The predicted molar refractivity (Wildman–Crippen MR) is 68.6 cm³/mol. The smallest absolute Gasteiger partial charge is 0.0790 e. The van der Waals surface area contributed by atoms with Crippen LogP contribution in [0.1, 0.15) is 32.4 Å². The highest BCUT2D eigenvalue weighted by molar-refractivity contribution is 6.30. The predicted octanol–water partition coefficient (Wildman–Crippen LogP) is 3.40. The molecular weight excluding hydrogens is 222 g/mol. The van der Waals surface area contributed by atoms with Gasteiger partial charge < -0.3 is 10.5 Å². The highest BCUT2D eigenvalue weighted by Gasteiger charge is 2.22. The normalized spacial score (nSPS) is 15.1. The molecule has 0 aliphatic heterocycles. The summed E-state index contributed by atoms with van der Waals surface area (Å²) < 4.78 is 5.69. The molecule has 0 saturated carbocycles. The molecule has 90 valence electrons. The summed E-state index contributed by atoms with van der Waals surface area (Å²) in [5.74, 6) is 0.394. The van der Waals surface area contributed by atoms with Crippen molar-refractivity contribution in [2.24, 2.45) is 11.7 Å². The van der Waals surface area contributed by atoms with E-state index in [0.29, 0.717) is 12.5 Å². The number of hydrogen-bond donors (Lipinski definition) is 1. The van der Waals surface area contributed by atoms with Gasteiger partial charge in [0, 0.05) is 11.6 Å². The van der Waals surface area contributed by atoms with Gasteiger partial charge in [-0.25, -0.2) is 0 Å². The van der Waals surface area contributed by atoms with E-state index in [1.54, 1.807) is 0 Å². The summed E-state index contributed by atoms with van der Waals surface area (Å²) in [6, 6.07) is 7.54. The van der Waals surface area contributed by atoms with Crippen LogP contribution in [0.4, 0.5) is 0 Å². The Morgan fingerprint density at radius 1 is 1.25 bits per heavy atom. The van der Waals surface area contributed by atoms with E-state index in [1.807, 2.05) is 31.2 Å². The maximum absolute atomic E-state index is 6.21. The van der Waals surface area contributed by atoms with Gasteiger partial charge in [-0.15, -0.1) is 0 Å². The van der Waals surface area contributed by atoms with Crippen LogP contribution in [0.25, 0.3) is 0 Å². The molecule has 2 unspecified atom stereocenters. The average Bonchev–Trinajstić information content (AvgIpc) is 2.25. The molecule has 2 nitrogen and oxygen atoms in total. The lowest BCUT2D eigenvalue weighted by atomic mass is 9.94. The SMILES string of the molecule is CCOC(C(C)C)C(N)c1ccc(Cl)cc1. The van der Waals surface area contributed by atoms with E-state index in [0.717, 1.165) is 10.6 Å². The second kappa shape index (κ2) is 6.24. The second-order valence-electron chi connectivity index (χ2n) is 4.24. The van der Waals surface area contributed by atoms with Crippen LogP contribution in [0.15, 0.2) is 24.3 Å². The fourth-order valence-corrected chi connectivity index (χ4v) is 1.90. The maximum Gasteiger partial charge on any atom is 0.0790 e. The zero-order valence-corrected chi connectivity index (χ0v) is 10.9. The zero-order chi connectivity index (χ0) is 12.1. The van der Waals surface area contributed by atoms with Gasteiger partial charge in [0.1, 0.15) is 0 Å². The van der Waals surface area contributed by atoms with Crippen molar-refractivity contribution < 1.29 is 4.74 Å². The van der Waals surface area contributed by atoms with Gasteiger partial charge in [0.05, 0.1) is 12.1 Å². The molecule has 0 aliphatic rings. The van der Waals surface area contributed by atoms with Crippen LogP contribution in [0.5, 0.6) is 0 Å². The van der Waals surface area contributed by atoms with Crippen LogP contribution in [-0.4, -0.2) is 12.7 Å². The van der Waals surface area contributed by atoms with E-state index in [1.165, 1.54) is 0 Å². The van der Waals surface area contributed by atoms with Crippen molar-refractivity contribution in [1.29, 1.82) is 0 Å². The van der Waals surface area contributed by atoms with E-state index in [2.05, 4.69) is 13.8 Å². The first-order valence-corrected chi connectivity index (χ1v) is 6.06. The molecule has 2 atom stereocenters. The Hall–Kier alpha value is -0.570. The van der Waals surface area contributed by atoms with Crippen LogP contribution >= 0.6 is 11.6 Å². The molecule has 0 amide bonds. The molecule has 0 spiro atoms. The highest BCUT2D eigenvalue weighted by Crippen LogP contribution is 2.23. The number of rotatable bonds is 5. The summed E-state index contributed by atoms with van der Waals surface area (Å²) >= 11 is 5.85. The maximum atomic E-state index is 6.21. The topological polar surface area (TPSA) is 35.2 Å². The van der Waals surface area contributed by atoms with Crippen molar-refractivity contribution in [3.63, 3.8) is 0 Å². The van der Waals surface area contributed by atoms with Gasteiger partial charge in [-0.3, -0.25) is 0 Å². The lowest BCUT2D eigenvalue weighted by Gasteiger charge is -2.27. The molecule has 1 aromatic rings. The van der Waals surface area contributed by atoms with Crippen molar-refractivity contribution in [2.45, 2.75) is 32.9 Å². The quantitative estimate of drug-likeness (QED) is 0.858. The minimum absolute atomic E-state index is 0.0474. The van der Waals surface area contributed by atoms with Gasteiger partial charge in [0.15, 0.2) is 0 Å². The van der Waals surface area contributed by atoms with E-state index < -0.39 is 0 Å². The first-order valence-electron chi connectivity index (χ1n) is 5.69. The lowest BCUT2D eigenvalue weighted by Crippen LogP contribution is -2.33. The molecule has 3 heteroatoms. The van der Waals surface area contributed by atoms with Crippen molar-refractivity contribution in [2.75, 3.05) is 6.61 Å². The Morgan fingerprint density at radius 2 is 1.81 bits per heavy atom. The Bertz CT molecular complexity index is 310. The molecule has 0 aliphatic carbocycles. The van der Waals surface area contributed by atoms with Crippen LogP contribution in [0.2, 0.25) is 5.02 Å². The number of halogens is 1. The Kier molecular flexibility index (Phi) is 5.26. The van der Waals surface area contributed by atoms with Gasteiger partial charge in [-0.05, 0) is 30.5 Å². The third kappa shape index (κ3) is 3.48. The standard InChI is InChI=1S/C13H20ClNO/c1-4-16-13(9(2)3)12(15)10-5-7-11(14)8-6-10/h5-9,12-13H,4,15H2,1-3H3.